The second-order valence-corrected chi connectivity index (χ2v) is 10.1. The molecule has 0 aliphatic carbocycles. The van der Waals surface area contributed by atoms with E-state index in [-0.39, 0.29) is 16.3 Å². The number of benzene rings is 3. The molecule has 0 radical (unpaired) electrons. The fraction of sp³-hybridized carbons (Fsp3) is 0.0968. The molecule has 0 spiro atoms. The van der Waals surface area contributed by atoms with Crippen molar-refractivity contribution in [3.8, 4) is 51.3 Å². The number of nitrogens with zero attached hydrogens (tertiary/aromatic N) is 3. The summed E-state index contributed by atoms with van der Waals surface area (Å²) in [6.45, 7) is 0. The van der Waals surface area contributed by atoms with E-state index in [1.165, 1.54) is 26.0 Å². The number of nitrogen functional groups attached to an aromatic ring is 1. The number of anilines is 1. The van der Waals surface area contributed by atoms with E-state index in [0.29, 0.717) is 50.0 Å². The van der Waals surface area contributed by atoms with Crippen LogP contribution in [0.1, 0.15) is 15.4 Å². The Labute approximate surface area is 244 Å². The number of hydrogen-bond acceptors (Lipinski definition) is 10. The van der Waals surface area contributed by atoms with Gasteiger partial charge >= 0.3 is 5.69 Å². The lowest BCUT2D eigenvalue weighted by Crippen LogP contribution is -2.39. The first-order valence-corrected chi connectivity index (χ1v) is 13.5. The van der Waals surface area contributed by atoms with Gasteiger partial charge < -0.3 is 29.6 Å². The van der Waals surface area contributed by atoms with Gasteiger partial charge in [0.15, 0.2) is 17.4 Å². The number of hydrogen-bond donors (Lipinski definition) is 1. The van der Waals surface area contributed by atoms with E-state index < -0.39 is 11.7 Å². The molecule has 0 bridgehead atoms. The summed E-state index contributed by atoms with van der Waals surface area (Å²) in [7, 11) is 4.61. The molecule has 0 amide bonds. The van der Waals surface area contributed by atoms with E-state index in [1.807, 2.05) is 54.6 Å². The minimum atomic E-state index is -0.872. The van der Waals surface area contributed by atoms with Crippen molar-refractivity contribution in [2.75, 3.05) is 27.1 Å². The van der Waals surface area contributed by atoms with Crippen LogP contribution >= 0.6 is 11.3 Å². The molecule has 0 atom stereocenters. The Morgan fingerprint density at radius 3 is 2.17 bits per heavy atom. The van der Waals surface area contributed by atoms with Crippen molar-refractivity contribution in [1.82, 2.24) is 10.3 Å². The Morgan fingerprint density at radius 1 is 0.905 bits per heavy atom. The first-order valence-electron chi connectivity index (χ1n) is 12.7. The lowest BCUT2D eigenvalue weighted by atomic mass is 9.98. The molecular weight excluding hydrogens is 556 g/mol. The SMILES string of the molecule is COc1cc(-c2cc(-c3ccccc3)nc3sc(C(=O)c4c([O-])on[n+]4-c4ccccc4)c(N)c23)cc(OC)c1OC. The van der Waals surface area contributed by atoms with Crippen LogP contribution in [0.4, 0.5) is 5.69 Å². The average molecular weight is 581 g/mol. The molecule has 2 N–H and O–H groups in total. The number of carbonyl (C=O) groups excluding carboxylic acids is 1. The number of fused-ring (bicyclic) bond motifs is 1. The summed E-state index contributed by atoms with van der Waals surface area (Å²) in [5.41, 5.74) is 10.0. The van der Waals surface area contributed by atoms with Gasteiger partial charge in [0.05, 0.1) is 38.0 Å². The summed E-state index contributed by atoms with van der Waals surface area (Å²) in [4.78, 5) is 19.4. The predicted molar refractivity (Wildman–Crippen MR) is 155 cm³/mol. The Hall–Kier alpha value is -5.42. The third kappa shape index (κ3) is 4.45. The lowest BCUT2D eigenvalue weighted by molar-refractivity contribution is -0.672. The maximum atomic E-state index is 13.9. The maximum Gasteiger partial charge on any atom is 0.312 e. The van der Waals surface area contributed by atoms with Gasteiger partial charge in [0.1, 0.15) is 9.71 Å². The number of nitrogens with two attached hydrogens (primary N) is 1. The molecule has 0 aliphatic rings. The fourth-order valence-electron chi connectivity index (χ4n) is 4.80. The summed E-state index contributed by atoms with van der Waals surface area (Å²) in [5, 5.41) is 17.1. The van der Waals surface area contributed by atoms with E-state index in [4.69, 9.17) is 29.5 Å². The smallest absolute Gasteiger partial charge is 0.312 e. The number of pyridine rings is 1. The van der Waals surface area contributed by atoms with Crippen molar-refractivity contribution in [1.29, 1.82) is 0 Å². The summed E-state index contributed by atoms with van der Waals surface area (Å²) in [6, 6.07) is 23.9. The molecule has 210 valence electrons. The maximum absolute atomic E-state index is 13.9. The van der Waals surface area contributed by atoms with E-state index in [0.717, 1.165) is 16.9 Å². The molecule has 6 rings (SSSR count). The number of ketones is 1. The second-order valence-electron chi connectivity index (χ2n) is 9.15. The molecule has 6 aromatic rings. The van der Waals surface area contributed by atoms with Crippen molar-refractivity contribution in [3.05, 3.63) is 89.4 Å². The summed E-state index contributed by atoms with van der Waals surface area (Å²) in [5.74, 6) is -0.154. The molecule has 11 heteroatoms. The zero-order valence-electron chi connectivity index (χ0n) is 22.8. The normalized spacial score (nSPS) is 11.0. The monoisotopic (exact) mass is 580 g/mol. The molecule has 0 aliphatic heterocycles. The van der Waals surface area contributed by atoms with Crippen molar-refractivity contribution >= 4 is 33.0 Å². The van der Waals surface area contributed by atoms with E-state index in [9.17, 15) is 9.90 Å². The summed E-state index contributed by atoms with van der Waals surface area (Å²) in [6.07, 6.45) is 0. The highest BCUT2D eigenvalue weighted by Crippen LogP contribution is 2.46. The summed E-state index contributed by atoms with van der Waals surface area (Å²) >= 11 is 1.09. The zero-order chi connectivity index (χ0) is 29.4. The van der Waals surface area contributed by atoms with Gasteiger partial charge in [0, 0.05) is 23.1 Å². The third-order valence-corrected chi connectivity index (χ3v) is 7.88. The van der Waals surface area contributed by atoms with Crippen molar-refractivity contribution < 1.29 is 33.3 Å². The standard InChI is InChI=1S/C31H24N4O6S/c1-38-22-14-18(15-23(39-2)28(22)40-3)20-16-21(17-10-6-4-7-11-17)33-30-24(20)25(32)29(42-30)27(36)26-31(37)41-34-35(26)19-12-8-5-9-13-19/h4-16H,1-3H3,(H2-,32,34,36,37). The van der Waals surface area contributed by atoms with Gasteiger partial charge in [-0.1, -0.05) is 48.5 Å². The Morgan fingerprint density at radius 2 is 1.55 bits per heavy atom. The van der Waals surface area contributed by atoms with Crippen LogP contribution in [0.3, 0.4) is 0 Å². The topological polar surface area (TPSA) is 137 Å². The lowest BCUT2D eigenvalue weighted by Gasteiger charge is -2.15. The van der Waals surface area contributed by atoms with Crippen LogP contribution in [0.15, 0.2) is 83.4 Å². The highest BCUT2D eigenvalue weighted by Gasteiger charge is 2.33. The van der Waals surface area contributed by atoms with Gasteiger partial charge in [-0.05, 0) is 34.0 Å². The molecule has 0 saturated heterocycles. The van der Waals surface area contributed by atoms with Crippen LogP contribution in [0.25, 0.3) is 38.3 Å². The largest absolute Gasteiger partial charge is 0.539 e. The van der Waals surface area contributed by atoms with Crippen LogP contribution in [0.2, 0.25) is 0 Å². The first kappa shape index (κ1) is 26.8. The minimum absolute atomic E-state index is 0.140. The molecular formula is C31H24N4O6S. The van der Waals surface area contributed by atoms with Gasteiger partial charge in [-0.3, -0.25) is 4.79 Å². The number of aromatic nitrogens is 3. The van der Waals surface area contributed by atoms with E-state index >= 15 is 0 Å². The number of thiophene rings is 1. The van der Waals surface area contributed by atoms with Gasteiger partial charge in [-0.15, -0.1) is 11.3 Å². The molecule has 3 heterocycles. The zero-order valence-corrected chi connectivity index (χ0v) is 23.6. The highest BCUT2D eigenvalue weighted by atomic mass is 32.1. The van der Waals surface area contributed by atoms with E-state index in [1.54, 1.807) is 24.3 Å². The number of rotatable bonds is 8. The molecule has 0 saturated carbocycles. The first-order chi connectivity index (χ1) is 20.4. The summed E-state index contributed by atoms with van der Waals surface area (Å²) < 4.78 is 22.8. The Bertz CT molecular complexity index is 1910. The third-order valence-electron chi connectivity index (χ3n) is 6.78. The number of methoxy groups -OCH3 is 3. The van der Waals surface area contributed by atoms with Crippen LogP contribution in [0.5, 0.6) is 23.2 Å². The predicted octanol–water partition coefficient (Wildman–Crippen LogP) is 4.81. The molecule has 3 aromatic heterocycles. The minimum Gasteiger partial charge on any atom is -0.539 e. The number of para-hydroxylation sites is 1. The quantitative estimate of drug-likeness (QED) is 0.199. The Balaban J connectivity index is 1.60. The van der Waals surface area contributed by atoms with Crippen LogP contribution < -0.4 is 29.7 Å². The molecule has 42 heavy (non-hydrogen) atoms. The molecule has 3 aromatic carbocycles. The van der Waals surface area contributed by atoms with Crippen LogP contribution in [0, 0.1) is 0 Å². The van der Waals surface area contributed by atoms with Crippen LogP contribution in [-0.4, -0.2) is 37.4 Å². The van der Waals surface area contributed by atoms with E-state index in [2.05, 4.69) is 5.27 Å². The average Bonchev–Trinajstić information content (AvgIpc) is 3.59. The van der Waals surface area contributed by atoms with Crippen molar-refractivity contribution in [2.45, 2.75) is 0 Å². The van der Waals surface area contributed by atoms with Gasteiger partial charge in [-0.2, -0.15) is 0 Å². The molecule has 0 fully saturated rings. The van der Waals surface area contributed by atoms with Crippen LogP contribution in [-0.2, 0) is 0 Å². The highest BCUT2D eigenvalue weighted by molar-refractivity contribution is 7.21. The Kier molecular flexibility index (Phi) is 6.93. The fourth-order valence-corrected chi connectivity index (χ4v) is 5.86. The number of ether oxygens (including phenoxy) is 3. The molecule has 10 nitrogen and oxygen atoms in total. The van der Waals surface area contributed by atoms with Gasteiger partial charge in [0.2, 0.25) is 11.4 Å². The van der Waals surface area contributed by atoms with Gasteiger partial charge in [-0.25, -0.2) is 4.98 Å². The second kappa shape index (κ2) is 10.9. The number of carbonyl (C=O) groups is 1. The van der Waals surface area contributed by atoms with Crippen molar-refractivity contribution in [3.63, 3.8) is 0 Å². The van der Waals surface area contributed by atoms with Gasteiger partial charge in [0.25, 0.3) is 5.78 Å². The van der Waals surface area contributed by atoms with Crippen molar-refractivity contribution in [2.24, 2.45) is 0 Å². The molecule has 0 unspecified atom stereocenters.